The van der Waals surface area contributed by atoms with E-state index in [-0.39, 0.29) is 22.9 Å². The van der Waals surface area contributed by atoms with Crippen LogP contribution in [0.5, 0.6) is 11.5 Å². The molecule has 0 fully saturated rings. The Morgan fingerprint density at radius 3 is 2.70 bits per heavy atom. The molecule has 0 radical (unpaired) electrons. The summed E-state index contributed by atoms with van der Waals surface area (Å²) in [5, 5.41) is 24.0. The van der Waals surface area contributed by atoms with Crippen molar-refractivity contribution in [3.05, 3.63) is 98.0 Å². The van der Waals surface area contributed by atoms with Gasteiger partial charge in [-0.2, -0.15) is 10.4 Å². The maximum atomic E-state index is 12.1. The van der Waals surface area contributed by atoms with E-state index in [4.69, 9.17) is 4.74 Å². The van der Waals surface area contributed by atoms with Crippen LogP contribution in [0.15, 0.2) is 76.3 Å². The third-order valence-electron chi connectivity index (χ3n) is 3.85. The van der Waals surface area contributed by atoms with Crippen molar-refractivity contribution in [3.8, 4) is 17.6 Å². The number of hydrogen-bond acceptors (Lipinski definition) is 6. The number of nitrogens with one attached hydrogen (secondary N) is 1. The minimum Gasteiger partial charge on any atom is -0.456 e. The lowest BCUT2D eigenvalue weighted by Crippen LogP contribution is -2.17. The highest BCUT2D eigenvalue weighted by atomic mass is 79.9. The Balaban J connectivity index is 1.71. The Hall–Kier alpha value is -4.03. The number of carbonyl (C=O) groups is 1. The maximum Gasteiger partial charge on any atom is 0.271 e. The molecule has 3 aromatic carbocycles. The molecule has 9 heteroatoms. The number of carbonyl (C=O) groups excluding carboxylic acids is 1. The van der Waals surface area contributed by atoms with Crippen LogP contribution in [0.1, 0.15) is 21.5 Å². The Morgan fingerprint density at radius 2 is 1.97 bits per heavy atom. The lowest BCUT2D eigenvalue weighted by Gasteiger charge is -2.08. The summed E-state index contributed by atoms with van der Waals surface area (Å²) in [5.41, 5.74) is 3.39. The van der Waals surface area contributed by atoms with Crippen LogP contribution in [0.25, 0.3) is 0 Å². The molecule has 30 heavy (non-hydrogen) atoms. The normalized spacial score (nSPS) is 10.4. The van der Waals surface area contributed by atoms with Gasteiger partial charge in [0, 0.05) is 22.2 Å². The van der Waals surface area contributed by atoms with E-state index in [1.807, 2.05) is 12.1 Å². The van der Waals surface area contributed by atoms with Gasteiger partial charge in [-0.3, -0.25) is 14.9 Å². The van der Waals surface area contributed by atoms with Gasteiger partial charge < -0.3 is 4.74 Å². The van der Waals surface area contributed by atoms with E-state index in [2.05, 4.69) is 26.5 Å². The molecule has 0 saturated heterocycles. The van der Waals surface area contributed by atoms with Gasteiger partial charge in [-0.25, -0.2) is 5.43 Å². The van der Waals surface area contributed by atoms with E-state index < -0.39 is 4.92 Å². The average Bonchev–Trinajstić information content (AvgIpc) is 2.74. The Morgan fingerprint density at radius 1 is 1.17 bits per heavy atom. The Labute approximate surface area is 179 Å². The van der Waals surface area contributed by atoms with Crippen LogP contribution in [0, 0.1) is 21.4 Å². The molecule has 3 aromatic rings. The maximum absolute atomic E-state index is 12.1. The molecule has 0 aromatic heterocycles. The number of non-ortho nitro benzene ring substituents is 1. The first-order valence-corrected chi connectivity index (χ1v) is 9.31. The lowest BCUT2D eigenvalue weighted by atomic mass is 10.2. The molecule has 3 rings (SSSR count). The first-order chi connectivity index (χ1) is 14.5. The molecule has 0 bridgehead atoms. The largest absolute Gasteiger partial charge is 0.456 e. The van der Waals surface area contributed by atoms with Crippen LogP contribution in [-0.4, -0.2) is 17.0 Å². The number of amides is 1. The first kappa shape index (κ1) is 20.7. The van der Waals surface area contributed by atoms with Crippen LogP contribution in [0.4, 0.5) is 5.69 Å². The second-order valence-corrected chi connectivity index (χ2v) is 6.85. The van der Waals surface area contributed by atoms with Crippen molar-refractivity contribution in [3.63, 3.8) is 0 Å². The zero-order valence-corrected chi connectivity index (χ0v) is 16.9. The fraction of sp³-hybridized carbons (Fsp3) is 0. The summed E-state index contributed by atoms with van der Waals surface area (Å²) in [6.45, 7) is 0. The summed E-state index contributed by atoms with van der Waals surface area (Å²) >= 11 is 3.31. The van der Waals surface area contributed by atoms with Crippen LogP contribution in [0.2, 0.25) is 0 Å². The number of hydrogen-bond donors (Lipinski definition) is 1. The molecule has 8 nitrogen and oxygen atoms in total. The molecule has 148 valence electrons. The number of ether oxygens (including phenoxy) is 1. The lowest BCUT2D eigenvalue weighted by molar-refractivity contribution is -0.384. The van der Waals surface area contributed by atoms with Gasteiger partial charge in [0.15, 0.2) is 0 Å². The monoisotopic (exact) mass is 464 g/mol. The zero-order chi connectivity index (χ0) is 21.5. The molecular weight excluding hydrogens is 452 g/mol. The molecule has 0 saturated carbocycles. The minimum atomic E-state index is -0.579. The minimum absolute atomic E-state index is 0.0459. The van der Waals surface area contributed by atoms with Gasteiger partial charge >= 0.3 is 0 Å². The number of nitro groups is 1. The summed E-state index contributed by atoms with van der Waals surface area (Å²) in [5.74, 6) is 0.243. The van der Waals surface area contributed by atoms with Crippen molar-refractivity contribution >= 4 is 33.7 Å². The van der Waals surface area contributed by atoms with E-state index in [0.29, 0.717) is 16.9 Å². The summed E-state index contributed by atoms with van der Waals surface area (Å²) in [4.78, 5) is 22.4. The molecule has 0 aliphatic carbocycles. The van der Waals surface area contributed by atoms with Gasteiger partial charge in [0.05, 0.1) is 11.1 Å². The number of nitrogens with zero attached hydrogens (tertiary/aromatic N) is 3. The van der Waals surface area contributed by atoms with Crippen molar-refractivity contribution in [1.29, 1.82) is 5.26 Å². The van der Waals surface area contributed by atoms with E-state index in [0.717, 1.165) is 10.5 Å². The van der Waals surface area contributed by atoms with Gasteiger partial charge in [0.2, 0.25) is 0 Å². The third kappa shape index (κ3) is 5.27. The van der Waals surface area contributed by atoms with E-state index in [1.165, 1.54) is 18.3 Å². The highest BCUT2D eigenvalue weighted by Crippen LogP contribution is 2.28. The topological polar surface area (TPSA) is 118 Å². The van der Waals surface area contributed by atoms with E-state index in [1.54, 1.807) is 42.5 Å². The third-order valence-corrected chi connectivity index (χ3v) is 4.34. The summed E-state index contributed by atoms with van der Waals surface area (Å²) < 4.78 is 6.47. The SMILES string of the molecule is N#Cc1cc([N+](=O)[O-])ccc1Oc1cccc(/C=N\NC(=O)c2cccc(Br)c2)c1. The highest BCUT2D eigenvalue weighted by molar-refractivity contribution is 9.10. The van der Waals surface area contributed by atoms with Crippen LogP contribution in [-0.2, 0) is 0 Å². The van der Waals surface area contributed by atoms with Crippen molar-refractivity contribution in [2.45, 2.75) is 0 Å². The first-order valence-electron chi connectivity index (χ1n) is 8.51. The van der Waals surface area contributed by atoms with Crippen LogP contribution >= 0.6 is 15.9 Å². The van der Waals surface area contributed by atoms with Gasteiger partial charge in [0.25, 0.3) is 11.6 Å². The van der Waals surface area contributed by atoms with Gasteiger partial charge in [-0.15, -0.1) is 0 Å². The number of benzene rings is 3. The summed E-state index contributed by atoms with van der Waals surface area (Å²) in [6.07, 6.45) is 1.45. The average molecular weight is 465 g/mol. The summed E-state index contributed by atoms with van der Waals surface area (Å²) in [7, 11) is 0. The molecule has 0 heterocycles. The molecule has 0 atom stereocenters. The van der Waals surface area contributed by atoms with Gasteiger partial charge in [0.1, 0.15) is 23.1 Å². The van der Waals surface area contributed by atoms with Gasteiger partial charge in [-0.1, -0.05) is 34.1 Å². The second kappa shape index (κ2) is 9.45. The predicted molar refractivity (Wildman–Crippen MR) is 114 cm³/mol. The number of nitro benzene ring substituents is 1. The molecular formula is C21H13BrN4O4. The van der Waals surface area contributed by atoms with Crippen molar-refractivity contribution in [2.24, 2.45) is 5.10 Å². The highest BCUT2D eigenvalue weighted by Gasteiger charge is 2.12. The molecule has 1 amide bonds. The fourth-order valence-corrected chi connectivity index (χ4v) is 2.85. The predicted octanol–water partition coefficient (Wildman–Crippen LogP) is 4.79. The number of rotatable bonds is 6. The molecule has 0 aliphatic heterocycles. The van der Waals surface area contributed by atoms with E-state index in [9.17, 15) is 20.2 Å². The smallest absolute Gasteiger partial charge is 0.271 e. The fourth-order valence-electron chi connectivity index (χ4n) is 2.45. The zero-order valence-electron chi connectivity index (χ0n) is 15.3. The molecule has 0 unspecified atom stereocenters. The van der Waals surface area contributed by atoms with Crippen molar-refractivity contribution < 1.29 is 14.5 Å². The summed E-state index contributed by atoms with van der Waals surface area (Å²) in [6, 6.07) is 19.4. The molecule has 0 aliphatic rings. The quantitative estimate of drug-likeness (QED) is 0.319. The van der Waals surface area contributed by atoms with Gasteiger partial charge in [-0.05, 0) is 42.0 Å². The van der Waals surface area contributed by atoms with Crippen molar-refractivity contribution in [2.75, 3.05) is 0 Å². The van der Waals surface area contributed by atoms with Crippen LogP contribution in [0.3, 0.4) is 0 Å². The van der Waals surface area contributed by atoms with Crippen molar-refractivity contribution in [1.82, 2.24) is 5.43 Å². The standard InChI is InChI=1S/C21H13BrN4O4/c22-17-5-2-4-15(10-17)21(27)25-24-13-14-3-1-6-19(9-14)30-20-8-7-18(26(28)29)11-16(20)12-23/h1-11,13H,(H,25,27)/b24-13-. The number of halogens is 1. The Bertz CT molecular complexity index is 1190. The Kier molecular flexibility index (Phi) is 6.52. The second-order valence-electron chi connectivity index (χ2n) is 5.93. The number of hydrazone groups is 1. The molecule has 1 N–H and O–H groups in total. The number of nitriles is 1. The van der Waals surface area contributed by atoms with E-state index >= 15 is 0 Å². The molecule has 0 spiro atoms. The van der Waals surface area contributed by atoms with Crippen LogP contribution < -0.4 is 10.2 Å².